The van der Waals surface area contributed by atoms with Crippen LogP contribution in [-0.4, -0.2) is 38.9 Å². The molecular weight excluding hydrogens is 246 g/mol. The molecule has 1 rings (SSSR count). The molecule has 19 heavy (non-hydrogen) atoms. The maximum atomic E-state index is 11.8. The second kappa shape index (κ2) is 6.99. The van der Waals surface area contributed by atoms with Gasteiger partial charge in [-0.05, 0) is 45.2 Å². The average Bonchev–Trinajstić information content (AvgIpc) is 2.45. The maximum Gasteiger partial charge on any atom is 0.329 e. The van der Waals surface area contributed by atoms with Crippen molar-refractivity contribution in [2.75, 3.05) is 27.4 Å². The topological polar surface area (TPSA) is 56.8 Å². The van der Waals surface area contributed by atoms with E-state index < -0.39 is 5.54 Å². The fourth-order valence-corrected chi connectivity index (χ4v) is 1.42. The summed E-state index contributed by atoms with van der Waals surface area (Å²) in [6.07, 6.45) is 0. The van der Waals surface area contributed by atoms with E-state index in [0.29, 0.717) is 12.4 Å². The zero-order chi connectivity index (χ0) is 14.3. The highest BCUT2D eigenvalue weighted by Crippen LogP contribution is 2.18. The number of hydrogen-bond acceptors (Lipinski definition) is 5. The molecular formula is C14H21NO4. The minimum Gasteiger partial charge on any atom is -0.497 e. The Bertz CT molecular complexity index is 404. The molecule has 0 aliphatic rings. The molecule has 5 nitrogen and oxygen atoms in total. The molecule has 1 aromatic carbocycles. The first kappa shape index (κ1) is 15.3. The number of carbonyl (C=O) groups is 1. The molecule has 1 unspecified atom stereocenters. The van der Waals surface area contributed by atoms with Crippen LogP contribution in [0.5, 0.6) is 11.5 Å². The molecule has 0 aliphatic heterocycles. The first-order valence-electron chi connectivity index (χ1n) is 6.18. The van der Waals surface area contributed by atoms with Crippen LogP contribution in [0, 0.1) is 0 Å². The lowest BCUT2D eigenvalue weighted by Crippen LogP contribution is -2.53. The summed E-state index contributed by atoms with van der Waals surface area (Å²) in [4.78, 5) is 11.8. The number of likely N-dealkylation sites (N-methyl/N-ethyl adjacent to an activating group) is 1. The Hall–Kier alpha value is -1.75. The summed E-state index contributed by atoms with van der Waals surface area (Å²) in [5, 5.41) is 2.93. The van der Waals surface area contributed by atoms with E-state index in [1.807, 2.05) is 0 Å². The van der Waals surface area contributed by atoms with Crippen LogP contribution in [-0.2, 0) is 9.53 Å². The van der Waals surface area contributed by atoms with Gasteiger partial charge in [0.25, 0.3) is 0 Å². The molecule has 0 aromatic heterocycles. The minimum absolute atomic E-state index is 0.189. The molecule has 0 heterocycles. The summed E-state index contributed by atoms with van der Waals surface area (Å²) in [6, 6.07) is 7.19. The molecule has 106 valence electrons. The molecule has 0 aliphatic carbocycles. The molecule has 0 saturated carbocycles. The number of benzene rings is 1. The van der Waals surface area contributed by atoms with Crippen LogP contribution in [0.1, 0.15) is 13.8 Å². The Morgan fingerprint density at radius 1 is 1.26 bits per heavy atom. The fraction of sp³-hybridized carbons (Fsp3) is 0.500. The van der Waals surface area contributed by atoms with Crippen molar-refractivity contribution in [3.05, 3.63) is 24.3 Å². The van der Waals surface area contributed by atoms with Crippen molar-refractivity contribution in [1.82, 2.24) is 5.32 Å². The number of rotatable bonds is 7. The van der Waals surface area contributed by atoms with E-state index in [1.54, 1.807) is 52.3 Å². The van der Waals surface area contributed by atoms with Gasteiger partial charge in [0, 0.05) is 0 Å². The summed E-state index contributed by atoms with van der Waals surface area (Å²) in [5.74, 6) is 1.10. The zero-order valence-electron chi connectivity index (χ0n) is 11.9. The van der Waals surface area contributed by atoms with Gasteiger partial charge >= 0.3 is 5.97 Å². The van der Waals surface area contributed by atoms with Gasteiger partial charge in [0.15, 0.2) is 0 Å². The van der Waals surface area contributed by atoms with E-state index >= 15 is 0 Å². The normalized spacial score (nSPS) is 13.5. The maximum absolute atomic E-state index is 11.8. The van der Waals surface area contributed by atoms with Crippen molar-refractivity contribution < 1.29 is 19.0 Å². The van der Waals surface area contributed by atoms with E-state index in [9.17, 15) is 4.79 Å². The van der Waals surface area contributed by atoms with Crippen LogP contribution in [0.15, 0.2) is 24.3 Å². The van der Waals surface area contributed by atoms with Gasteiger partial charge in [0.05, 0.1) is 13.7 Å². The zero-order valence-corrected chi connectivity index (χ0v) is 11.9. The van der Waals surface area contributed by atoms with Crippen LogP contribution >= 0.6 is 0 Å². The van der Waals surface area contributed by atoms with Crippen LogP contribution in [0.2, 0.25) is 0 Å². The van der Waals surface area contributed by atoms with Crippen LogP contribution in [0.4, 0.5) is 0 Å². The van der Waals surface area contributed by atoms with Crippen LogP contribution in [0.25, 0.3) is 0 Å². The summed E-state index contributed by atoms with van der Waals surface area (Å²) in [7, 11) is 3.31. The van der Waals surface area contributed by atoms with Crippen molar-refractivity contribution in [3.63, 3.8) is 0 Å². The summed E-state index contributed by atoms with van der Waals surface area (Å²) in [6.45, 7) is 4.06. The highest BCUT2D eigenvalue weighted by Gasteiger charge is 2.34. The number of esters is 1. The van der Waals surface area contributed by atoms with Gasteiger partial charge in [-0.3, -0.25) is 0 Å². The lowest BCUT2D eigenvalue weighted by Gasteiger charge is -2.26. The van der Waals surface area contributed by atoms with Crippen molar-refractivity contribution in [2.24, 2.45) is 0 Å². The molecule has 0 amide bonds. The van der Waals surface area contributed by atoms with Gasteiger partial charge in [-0.25, -0.2) is 4.79 Å². The monoisotopic (exact) mass is 267 g/mol. The Morgan fingerprint density at radius 3 is 2.32 bits per heavy atom. The van der Waals surface area contributed by atoms with E-state index in [0.717, 1.165) is 5.75 Å². The van der Waals surface area contributed by atoms with Crippen LogP contribution < -0.4 is 14.8 Å². The molecule has 0 bridgehead atoms. The van der Waals surface area contributed by atoms with E-state index in [4.69, 9.17) is 14.2 Å². The predicted octanol–water partition coefficient (Wildman–Crippen LogP) is 1.62. The summed E-state index contributed by atoms with van der Waals surface area (Å²) < 4.78 is 15.7. The smallest absolute Gasteiger partial charge is 0.329 e. The first-order chi connectivity index (χ1) is 9.05. The molecule has 5 heteroatoms. The molecule has 1 N–H and O–H groups in total. The molecule has 1 atom stereocenters. The standard InChI is InChI=1S/C14H21NO4/c1-5-18-13(16)14(2,15-3)10-19-12-8-6-11(17-4)7-9-12/h6-9,15H,5,10H2,1-4H3. The minimum atomic E-state index is -0.865. The van der Waals surface area contributed by atoms with Gasteiger partial charge < -0.3 is 19.5 Å². The van der Waals surface area contributed by atoms with Gasteiger partial charge in [0.2, 0.25) is 0 Å². The highest BCUT2D eigenvalue weighted by atomic mass is 16.5. The van der Waals surface area contributed by atoms with E-state index in [-0.39, 0.29) is 12.6 Å². The largest absolute Gasteiger partial charge is 0.497 e. The van der Waals surface area contributed by atoms with Crippen molar-refractivity contribution in [1.29, 1.82) is 0 Å². The van der Waals surface area contributed by atoms with Crippen molar-refractivity contribution >= 4 is 5.97 Å². The number of carbonyl (C=O) groups excluding carboxylic acids is 1. The third-order valence-electron chi connectivity index (χ3n) is 2.86. The fourth-order valence-electron chi connectivity index (χ4n) is 1.42. The number of hydrogen-bond donors (Lipinski definition) is 1. The predicted molar refractivity (Wildman–Crippen MR) is 72.6 cm³/mol. The second-order valence-corrected chi connectivity index (χ2v) is 4.27. The number of methoxy groups -OCH3 is 1. The molecule has 1 aromatic rings. The van der Waals surface area contributed by atoms with Gasteiger partial charge in [-0.2, -0.15) is 0 Å². The number of ether oxygens (including phenoxy) is 3. The highest BCUT2D eigenvalue weighted by molar-refractivity contribution is 5.80. The Balaban J connectivity index is 2.63. The van der Waals surface area contributed by atoms with E-state index in [2.05, 4.69) is 5.32 Å². The van der Waals surface area contributed by atoms with Gasteiger partial charge in [0.1, 0.15) is 23.6 Å². The van der Waals surface area contributed by atoms with Crippen LogP contribution in [0.3, 0.4) is 0 Å². The van der Waals surface area contributed by atoms with E-state index in [1.165, 1.54) is 0 Å². The lowest BCUT2D eigenvalue weighted by molar-refractivity contribution is -0.151. The Labute approximate surface area is 113 Å². The van der Waals surface area contributed by atoms with Crippen molar-refractivity contribution in [2.45, 2.75) is 19.4 Å². The SMILES string of the molecule is CCOC(=O)C(C)(COc1ccc(OC)cc1)NC. The van der Waals surface area contributed by atoms with Gasteiger partial charge in [-0.15, -0.1) is 0 Å². The Kier molecular flexibility index (Phi) is 5.63. The van der Waals surface area contributed by atoms with Gasteiger partial charge in [-0.1, -0.05) is 0 Å². The number of nitrogens with one attached hydrogen (secondary N) is 1. The molecule has 0 radical (unpaired) electrons. The third kappa shape index (κ3) is 4.13. The molecule has 0 fully saturated rings. The lowest BCUT2D eigenvalue weighted by atomic mass is 10.1. The summed E-state index contributed by atoms with van der Waals surface area (Å²) >= 11 is 0. The average molecular weight is 267 g/mol. The molecule has 0 spiro atoms. The quantitative estimate of drug-likeness (QED) is 0.761. The summed E-state index contributed by atoms with van der Waals surface area (Å²) in [5.41, 5.74) is -0.865. The first-order valence-corrected chi connectivity index (χ1v) is 6.18. The third-order valence-corrected chi connectivity index (χ3v) is 2.86. The van der Waals surface area contributed by atoms with Crippen molar-refractivity contribution in [3.8, 4) is 11.5 Å². The second-order valence-electron chi connectivity index (χ2n) is 4.27. The Morgan fingerprint density at radius 2 is 1.84 bits per heavy atom. The molecule has 0 saturated heterocycles.